The summed E-state index contributed by atoms with van der Waals surface area (Å²) in [5, 5.41) is 1.17. The van der Waals surface area contributed by atoms with Gasteiger partial charge in [-0.25, -0.2) is 4.79 Å². The van der Waals surface area contributed by atoms with Crippen molar-refractivity contribution in [3.05, 3.63) is 36.0 Å². The van der Waals surface area contributed by atoms with Crippen LogP contribution >= 0.6 is 0 Å². The molecule has 4 nitrogen and oxygen atoms in total. The number of rotatable bonds is 6. The van der Waals surface area contributed by atoms with Crippen LogP contribution in [0.2, 0.25) is 0 Å². The number of nitrogens with one attached hydrogen (secondary N) is 1. The Labute approximate surface area is 119 Å². The second-order valence-corrected chi connectivity index (χ2v) is 5.63. The molecule has 1 atom stereocenters. The van der Waals surface area contributed by atoms with Gasteiger partial charge in [0.05, 0.1) is 0 Å². The summed E-state index contributed by atoms with van der Waals surface area (Å²) >= 11 is 0. The van der Waals surface area contributed by atoms with Gasteiger partial charge >= 0.3 is 6.09 Å². The molecule has 0 spiro atoms. The fraction of sp³-hybridized carbons (Fsp3) is 0.438. The average molecular weight is 274 g/mol. The van der Waals surface area contributed by atoms with Gasteiger partial charge in [-0.3, -0.25) is 0 Å². The quantitative estimate of drug-likeness (QED) is 0.845. The normalized spacial score (nSPS) is 12.8. The van der Waals surface area contributed by atoms with Crippen molar-refractivity contribution in [1.82, 2.24) is 4.98 Å². The lowest BCUT2D eigenvalue weighted by Crippen LogP contribution is -2.25. The Morgan fingerprint density at radius 1 is 1.30 bits per heavy atom. The molecule has 0 saturated heterocycles. The Morgan fingerprint density at radius 2 is 2.10 bits per heavy atom. The molecule has 1 heterocycles. The Morgan fingerprint density at radius 3 is 2.80 bits per heavy atom. The Kier molecular flexibility index (Phi) is 4.66. The van der Waals surface area contributed by atoms with Crippen molar-refractivity contribution < 1.29 is 9.53 Å². The summed E-state index contributed by atoms with van der Waals surface area (Å²) in [6.45, 7) is 4.32. The number of ether oxygens (including phenoxy) is 1. The number of primary amides is 1. The largest absolute Gasteiger partial charge is 0.446 e. The maximum atomic E-state index is 11.0. The van der Waals surface area contributed by atoms with E-state index in [2.05, 4.69) is 37.0 Å². The first-order valence-corrected chi connectivity index (χ1v) is 7.06. The minimum absolute atomic E-state index is 0.147. The van der Waals surface area contributed by atoms with Crippen LogP contribution in [0.4, 0.5) is 4.79 Å². The molecular weight excluding hydrogens is 252 g/mol. The van der Waals surface area contributed by atoms with Crippen molar-refractivity contribution >= 4 is 17.0 Å². The van der Waals surface area contributed by atoms with E-state index in [4.69, 9.17) is 10.5 Å². The predicted octanol–water partition coefficient (Wildman–Crippen LogP) is 3.61. The zero-order chi connectivity index (χ0) is 14.5. The van der Waals surface area contributed by atoms with E-state index in [-0.39, 0.29) is 6.10 Å². The van der Waals surface area contributed by atoms with Crippen molar-refractivity contribution in [2.75, 3.05) is 0 Å². The number of aromatic nitrogens is 1. The topological polar surface area (TPSA) is 68.1 Å². The van der Waals surface area contributed by atoms with E-state index in [1.54, 1.807) is 0 Å². The van der Waals surface area contributed by atoms with Crippen LogP contribution in [0.5, 0.6) is 0 Å². The molecular formula is C16H22N2O2. The summed E-state index contributed by atoms with van der Waals surface area (Å²) in [6, 6.07) is 8.27. The van der Waals surface area contributed by atoms with Crippen molar-refractivity contribution in [3.63, 3.8) is 0 Å². The number of hydrogen-bond acceptors (Lipinski definition) is 2. The summed E-state index contributed by atoms with van der Waals surface area (Å²) in [7, 11) is 0. The molecule has 0 fully saturated rings. The van der Waals surface area contributed by atoms with Crippen molar-refractivity contribution in [2.24, 2.45) is 11.7 Å². The monoisotopic (exact) mass is 274 g/mol. The molecule has 1 unspecified atom stereocenters. The third kappa shape index (κ3) is 4.02. The number of aromatic amines is 1. The number of fused-ring (bicyclic) bond motifs is 1. The first kappa shape index (κ1) is 14.4. The lowest BCUT2D eigenvalue weighted by molar-refractivity contribution is 0.0975. The van der Waals surface area contributed by atoms with E-state index < -0.39 is 6.09 Å². The highest BCUT2D eigenvalue weighted by Gasteiger charge is 2.14. The number of nitrogens with two attached hydrogens (primary N) is 1. The minimum Gasteiger partial charge on any atom is -0.446 e. The summed E-state index contributed by atoms with van der Waals surface area (Å²) in [5.74, 6) is 0.584. The summed E-state index contributed by atoms with van der Waals surface area (Å²) in [6.07, 6.45) is 3.64. The Balaban J connectivity index is 2.06. The highest BCUT2D eigenvalue weighted by atomic mass is 16.6. The van der Waals surface area contributed by atoms with Gasteiger partial charge < -0.3 is 15.5 Å². The standard InChI is InChI=1S/C16H22N2O2/c1-11(2)3-5-14(20-16(17)19)10-12-4-6-15-13(9-12)7-8-18-15/h4,6-9,11,14,18H,3,5,10H2,1-2H3,(H2,17,19). The molecule has 3 N–H and O–H groups in total. The van der Waals surface area contributed by atoms with Crippen LogP contribution in [-0.2, 0) is 11.2 Å². The van der Waals surface area contributed by atoms with Crippen LogP contribution < -0.4 is 5.73 Å². The first-order valence-electron chi connectivity index (χ1n) is 7.06. The van der Waals surface area contributed by atoms with Crippen LogP contribution in [0.25, 0.3) is 10.9 Å². The Bertz CT molecular complexity index is 575. The molecule has 4 heteroatoms. The van der Waals surface area contributed by atoms with Gasteiger partial charge in [0.1, 0.15) is 6.10 Å². The number of H-pyrrole nitrogens is 1. The van der Waals surface area contributed by atoms with Gasteiger partial charge in [0.15, 0.2) is 0 Å². The smallest absolute Gasteiger partial charge is 0.404 e. The fourth-order valence-corrected chi connectivity index (χ4v) is 2.38. The van der Waals surface area contributed by atoms with Crippen LogP contribution in [-0.4, -0.2) is 17.2 Å². The third-order valence-electron chi connectivity index (χ3n) is 3.43. The van der Waals surface area contributed by atoms with Gasteiger partial charge in [0.2, 0.25) is 0 Å². The van der Waals surface area contributed by atoms with Gasteiger partial charge in [0, 0.05) is 18.1 Å². The van der Waals surface area contributed by atoms with Gasteiger partial charge in [-0.1, -0.05) is 19.9 Å². The van der Waals surface area contributed by atoms with Crippen LogP contribution in [0.1, 0.15) is 32.3 Å². The van der Waals surface area contributed by atoms with Crippen molar-refractivity contribution in [3.8, 4) is 0 Å². The molecule has 2 aromatic rings. The average Bonchev–Trinajstić information content (AvgIpc) is 2.82. The highest BCUT2D eigenvalue weighted by molar-refractivity contribution is 5.79. The molecule has 0 radical (unpaired) electrons. The fourth-order valence-electron chi connectivity index (χ4n) is 2.38. The van der Waals surface area contributed by atoms with E-state index >= 15 is 0 Å². The van der Waals surface area contributed by atoms with E-state index in [9.17, 15) is 4.79 Å². The number of carbonyl (C=O) groups excluding carboxylic acids is 1. The predicted molar refractivity (Wildman–Crippen MR) is 80.5 cm³/mol. The molecule has 108 valence electrons. The second-order valence-electron chi connectivity index (χ2n) is 5.63. The van der Waals surface area contributed by atoms with Gasteiger partial charge in [-0.2, -0.15) is 0 Å². The molecule has 0 aliphatic rings. The molecule has 1 amide bonds. The van der Waals surface area contributed by atoms with Crippen LogP contribution in [0, 0.1) is 5.92 Å². The van der Waals surface area contributed by atoms with Crippen LogP contribution in [0.15, 0.2) is 30.5 Å². The molecule has 0 aliphatic heterocycles. The first-order chi connectivity index (χ1) is 9.54. The van der Waals surface area contributed by atoms with E-state index in [0.29, 0.717) is 12.3 Å². The number of benzene rings is 1. The maximum absolute atomic E-state index is 11.0. The zero-order valence-electron chi connectivity index (χ0n) is 12.1. The van der Waals surface area contributed by atoms with E-state index in [1.165, 1.54) is 5.39 Å². The Hall–Kier alpha value is -1.97. The van der Waals surface area contributed by atoms with Crippen molar-refractivity contribution in [2.45, 2.75) is 39.2 Å². The molecule has 20 heavy (non-hydrogen) atoms. The third-order valence-corrected chi connectivity index (χ3v) is 3.43. The zero-order valence-corrected chi connectivity index (χ0v) is 12.1. The summed E-state index contributed by atoms with van der Waals surface area (Å²) < 4.78 is 5.23. The minimum atomic E-state index is -0.693. The number of carbonyl (C=O) groups is 1. The van der Waals surface area contributed by atoms with E-state index in [0.717, 1.165) is 23.9 Å². The maximum Gasteiger partial charge on any atom is 0.404 e. The van der Waals surface area contributed by atoms with Crippen molar-refractivity contribution in [1.29, 1.82) is 0 Å². The molecule has 1 aromatic heterocycles. The number of amides is 1. The van der Waals surface area contributed by atoms with Gasteiger partial charge in [0.25, 0.3) is 0 Å². The highest BCUT2D eigenvalue weighted by Crippen LogP contribution is 2.19. The lowest BCUT2D eigenvalue weighted by atomic mass is 9.99. The molecule has 1 aromatic carbocycles. The van der Waals surface area contributed by atoms with Crippen LogP contribution in [0.3, 0.4) is 0 Å². The molecule has 0 aliphatic carbocycles. The van der Waals surface area contributed by atoms with Gasteiger partial charge in [-0.15, -0.1) is 0 Å². The lowest BCUT2D eigenvalue weighted by Gasteiger charge is -2.18. The molecule has 0 bridgehead atoms. The van der Waals surface area contributed by atoms with Gasteiger partial charge in [-0.05, 0) is 47.9 Å². The molecule has 0 saturated carbocycles. The SMILES string of the molecule is CC(C)CCC(Cc1ccc2[nH]ccc2c1)OC(N)=O. The second kappa shape index (κ2) is 6.46. The summed E-state index contributed by atoms with van der Waals surface area (Å²) in [4.78, 5) is 14.2. The van der Waals surface area contributed by atoms with E-state index in [1.807, 2.05) is 12.3 Å². The number of hydrogen-bond donors (Lipinski definition) is 2. The summed E-state index contributed by atoms with van der Waals surface area (Å²) in [5.41, 5.74) is 7.43. The molecule has 2 rings (SSSR count).